The summed E-state index contributed by atoms with van der Waals surface area (Å²) in [7, 11) is 0. The van der Waals surface area contributed by atoms with Gasteiger partial charge in [-0.05, 0) is 12.1 Å². The third-order valence-corrected chi connectivity index (χ3v) is 3.23. The minimum atomic E-state index is 0.338. The lowest BCUT2D eigenvalue weighted by Gasteiger charge is -1.91. The van der Waals surface area contributed by atoms with Gasteiger partial charge >= 0.3 is 0 Å². The fourth-order valence-electron chi connectivity index (χ4n) is 2.14. The van der Waals surface area contributed by atoms with Gasteiger partial charge in [0, 0.05) is 17.2 Å². The highest BCUT2D eigenvalue weighted by Crippen LogP contribution is 2.27. The van der Waals surface area contributed by atoms with E-state index in [0.717, 1.165) is 11.1 Å². The maximum absolute atomic E-state index is 5.66. The number of nitrogens with zero attached hydrogens (tertiary/aromatic N) is 3. The first kappa shape index (κ1) is 12.5. The average Bonchev–Trinajstić information content (AvgIpc) is 3.26. The minimum Gasteiger partial charge on any atom is -0.414 e. The molecule has 0 unspecified atom stereocenters. The highest BCUT2D eigenvalue weighted by molar-refractivity contribution is 5.63. The van der Waals surface area contributed by atoms with Gasteiger partial charge in [0.05, 0.1) is 0 Å². The van der Waals surface area contributed by atoms with Crippen molar-refractivity contribution < 1.29 is 8.94 Å². The van der Waals surface area contributed by atoms with Crippen molar-refractivity contribution in [1.29, 1.82) is 0 Å². The molecule has 0 aliphatic heterocycles. The zero-order valence-corrected chi connectivity index (χ0v) is 11.5. The molecule has 0 saturated heterocycles. The second kappa shape index (κ2) is 5.29. The van der Waals surface area contributed by atoms with Crippen molar-refractivity contribution >= 4 is 0 Å². The van der Waals surface area contributed by atoms with Crippen molar-refractivity contribution in [2.45, 2.75) is 0 Å². The third-order valence-electron chi connectivity index (χ3n) is 3.23. The molecule has 22 heavy (non-hydrogen) atoms. The lowest BCUT2D eigenvalue weighted by atomic mass is 10.2. The molecule has 0 atom stereocenters. The average molecular weight is 289 g/mol. The molecule has 0 saturated carbocycles. The second-order valence-electron chi connectivity index (χ2n) is 4.72. The first-order valence-corrected chi connectivity index (χ1v) is 6.81. The molecule has 0 N–H and O–H groups in total. The Morgan fingerprint density at radius 3 is 2.05 bits per heavy atom. The van der Waals surface area contributed by atoms with Crippen LogP contribution in [0.1, 0.15) is 0 Å². The molecule has 0 fully saturated rings. The molecule has 0 aliphatic rings. The van der Waals surface area contributed by atoms with Crippen LogP contribution in [0.15, 0.2) is 75.7 Å². The molecule has 0 spiro atoms. The quantitative estimate of drug-likeness (QED) is 0.569. The Kier molecular flexibility index (Phi) is 3.01. The van der Waals surface area contributed by atoms with E-state index >= 15 is 0 Å². The fourth-order valence-corrected chi connectivity index (χ4v) is 2.14. The number of rotatable bonds is 3. The third kappa shape index (κ3) is 2.29. The van der Waals surface area contributed by atoms with Crippen LogP contribution in [0.4, 0.5) is 0 Å². The maximum atomic E-state index is 5.66. The molecular formula is C17H11N3O2. The van der Waals surface area contributed by atoms with Crippen LogP contribution in [-0.4, -0.2) is 15.4 Å². The normalized spacial score (nSPS) is 10.7. The van der Waals surface area contributed by atoms with Crippen molar-refractivity contribution in [2.75, 3.05) is 0 Å². The predicted octanol–water partition coefficient (Wildman–Crippen LogP) is 4.06. The predicted molar refractivity (Wildman–Crippen MR) is 80.7 cm³/mol. The number of hydrogen-bond donors (Lipinski definition) is 0. The first-order chi connectivity index (χ1) is 10.9. The number of benzene rings is 2. The van der Waals surface area contributed by atoms with Crippen LogP contribution in [0.25, 0.3) is 34.4 Å². The summed E-state index contributed by atoms with van der Waals surface area (Å²) >= 11 is 0. The van der Waals surface area contributed by atoms with Crippen molar-refractivity contribution in [2.24, 2.45) is 0 Å². The van der Waals surface area contributed by atoms with E-state index in [2.05, 4.69) is 15.4 Å². The van der Waals surface area contributed by atoms with E-state index in [9.17, 15) is 0 Å². The van der Waals surface area contributed by atoms with E-state index in [1.807, 2.05) is 60.7 Å². The standard InChI is InChI=1S/C17H11N3O2/c1-3-7-12(8-4-1)15-11-14(20-22-15)17-19-18-16(21-17)13-9-5-2-6-10-13/h1-11H. The van der Waals surface area contributed by atoms with Crippen molar-refractivity contribution in [3.05, 3.63) is 66.7 Å². The highest BCUT2D eigenvalue weighted by Gasteiger charge is 2.15. The van der Waals surface area contributed by atoms with Crippen LogP contribution < -0.4 is 0 Å². The Bertz CT molecular complexity index is 807. The Labute approximate surface area is 126 Å². The topological polar surface area (TPSA) is 65.0 Å². The van der Waals surface area contributed by atoms with E-state index in [0.29, 0.717) is 23.2 Å². The zero-order chi connectivity index (χ0) is 14.8. The van der Waals surface area contributed by atoms with E-state index < -0.39 is 0 Å². The van der Waals surface area contributed by atoms with Gasteiger partial charge in [0.1, 0.15) is 0 Å². The molecule has 0 radical (unpaired) electrons. The molecule has 5 nitrogen and oxygen atoms in total. The molecule has 4 rings (SSSR count). The van der Waals surface area contributed by atoms with Gasteiger partial charge in [-0.3, -0.25) is 0 Å². The largest absolute Gasteiger partial charge is 0.414 e. The van der Waals surface area contributed by atoms with E-state index in [-0.39, 0.29) is 0 Å². The summed E-state index contributed by atoms with van der Waals surface area (Å²) in [5.74, 6) is 1.46. The zero-order valence-electron chi connectivity index (χ0n) is 11.5. The van der Waals surface area contributed by atoms with Gasteiger partial charge in [-0.15, -0.1) is 10.2 Å². The van der Waals surface area contributed by atoms with Crippen molar-refractivity contribution in [1.82, 2.24) is 15.4 Å². The molecule has 2 aromatic heterocycles. The summed E-state index contributed by atoms with van der Waals surface area (Å²) in [5.41, 5.74) is 2.34. The van der Waals surface area contributed by atoms with Crippen LogP contribution in [0, 0.1) is 0 Å². The fraction of sp³-hybridized carbons (Fsp3) is 0. The molecular weight excluding hydrogens is 278 g/mol. The summed E-state index contributed by atoms with van der Waals surface area (Å²) in [5, 5.41) is 12.1. The van der Waals surface area contributed by atoms with Gasteiger partial charge in [-0.1, -0.05) is 53.7 Å². The minimum absolute atomic E-state index is 0.338. The highest BCUT2D eigenvalue weighted by atomic mass is 16.5. The van der Waals surface area contributed by atoms with Crippen LogP contribution in [0.2, 0.25) is 0 Å². The molecule has 0 amide bonds. The Morgan fingerprint density at radius 2 is 1.32 bits per heavy atom. The first-order valence-electron chi connectivity index (χ1n) is 6.81. The Morgan fingerprint density at radius 1 is 0.682 bits per heavy atom. The van der Waals surface area contributed by atoms with Crippen LogP contribution in [0.3, 0.4) is 0 Å². The van der Waals surface area contributed by atoms with Gasteiger partial charge in [0.2, 0.25) is 5.89 Å². The van der Waals surface area contributed by atoms with Crippen LogP contribution in [-0.2, 0) is 0 Å². The van der Waals surface area contributed by atoms with Gasteiger partial charge in [0.25, 0.3) is 5.89 Å². The van der Waals surface area contributed by atoms with Crippen molar-refractivity contribution in [3.63, 3.8) is 0 Å². The van der Waals surface area contributed by atoms with E-state index in [1.54, 1.807) is 6.07 Å². The summed E-state index contributed by atoms with van der Waals surface area (Å²) in [6.45, 7) is 0. The molecule has 4 aromatic rings. The second-order valence-corrected chi connectivity index (χ2v) is 4.72. The van der Waals surface area contributed by atoms with E-state index in [1.165, 1.54) is 0 Å². The van der Waals surface area contributed by atoms with Crippen molar-refractivity contribution in [3.8, 4) is 34.4 Å². The number of hydrogen-bond acceptors (Lipinski definition) is 5. The van der Waals surface area contributed by atoms with Crippen LogP contribution >= 0.6 is 0 Å². The van der Waals surface area contributed by atoms with Gasteiger partial charge in [-0.2, -0.15) is 0 Å². The maximum Gasteiger partial charge on any atom is 0.270 e. The molecule has 2 heterocycles. The van der Waals surface area contributed by atoms with Crippen LogP contribution in [0.5, 0.6) is 0 Å². The van der Waals surface area contributed by atoms with Gasteiger partial charge < -0.3 is 8.94 Å². The Balaban J connectivity index is 1.66. The summed E-state index contributed by atoms with van der Waals surface area (Å²) < 4.78 is 11.0. The molecule has 5 heteroatoms. The summed E-state index contributed by atoms with van der Waals surface area (Å²) in [4.78, 5) is 0. The smallest absolute Gasteiger partial charge is 0.270 e. The lowest BCUT2D eigenvalue weighted by Crippen LogP contribution is -1.76. The Hall–Kier alpha value is -3.21. The summed E-state index contributed by atoms with van der Waals surface area (Å²) in [6.07, 6.45) is 0. The molecule has 0 aliphatic carbocycles. The molecule has 106 valence electrons. The monoisotopic (exact) mass is 289 g/mol. The van der Waals surface area contributed by atoms with Gasteiger partial charge in [0.15, 0.2) is 11.5 Å². The number of aromatic nitrogens is 3. The van der Waals surface area contributed by atoms with Gasteiger partial charge in [-0.25, -0.2) is 0 Å². The molecule has 0 bridgehead atoms. The SMILES string of the molecule is c1ccc(-c2cc(-c3nnc(-c4ccccc4)o3)no2)cc1. The lowest BCUT2D eigenvalue weighted by molar-refractivity contribution is 0.431. The summed E-state index contributed by atoms with van der Waals surface area (Å²) in [6, 6.07) is 21.1. The van der Waals surface area contributed by atoms with E-state index in [4.69, 9.17) is 8.94 Å². The molecule has 2 aromatic carbocycles.